The highest BCUT2D eigenvalue weighted by Crippen LogP contribution is 2.33. The quantitative estimate of drug-likeness (QED) is 0.713. The normalized spacial score (nSPS) is 26.8. The van der Waals surface area contributed by atoms with Gasteiger partial charge in [0.15, 0.2) is 0 Å². The van der Waals surface area contributed by atoms with Crippen molar-refractivity contribution in [3.63, 3.8) is 0 Å². The lowest BCUT2D eigenvalue weighted by Crippen LogP contribution is -2.36. The highest BCUT2D eigenvalue weighted by molar-refractivity contribution is 7.85. The summed E-state index contributed by atoms with van der Waals surface area (Å²) in [4.78, 5) is 10.6. The second-order valence-electron chi connectivity index (χ2n) is 6.23. The van der Waals surface area contributed by atoms with Gasteiger partial charge in [-0.3, -0.25) is 9.35 Å². The molecule has 0 bridgehead atoms. The first-order valence-electron chi connectivity index (χ1n) is 7.80. The third-order valence-corrected chi connectivity index (χ3v) is 5.35. The number of aryl methyl sites for hydroxylation is 1. The Morgan fingerprint density at radius 3 is 2.30 bits per heavy atom. The van der Waals surface area contributed by atoms with Crippen LogP contribution in [-0.2, 0) is 14.9 Å². The molecule has 1 saturated heterocycles. The maximum atomic E-state index is 10.7. The minimum atomic E-state index is -4.02. The molecule has 128 valence electrons. The standard InChI is InChI=1S/C9H15NO2.C7H8O3S/c11-9(12)8-5-6-3-1-2-4-7(6)10-8;1-6-2-4-7(5-3-6)11(8,9)10/h6-8,10H,1-5H2,(H,11,12);2-5H,1H3,(H,8,9,10)/t6-,7-,8-;/m0./s1. The van der Waals surface area contributed by atoms with Crippen LogP contribution in [0.3, 0.4) is 0 Å². The summed E-state index contributed by atoms with van der Waals surface area (Å²) in [5.74, 6) is -0.0377. The SMILES string of the molecule is Cc1ccc(S(=O)(=O)O)cc1.O=C(O)[C@@H]1C[C@@H]2CCCC[C@@H]2N1. The first-order valence-corrected chi connectivity index (χ1v) is 9.24. The van der Waals surface area contributed by atoms with Gasteiger partial charge >= 0.3 is 5.97 Å². The van der Waals surface area contributed by atoms with Crippen LogP contribution in [0.5, 0.6) is 0 Å². The van der Waals surface area contributed by atoms with E-state index in [2.05, 4.69) is 5.32 Å². The fourth-order valence-corrected chi connectivity index (χ4v) is 3.70. The van der Waals surface area contributed by atoms with Crippen LogP contribution in [0.15, 0.2) is 29.2 Å². The maximum Gasteiger partial charge on any atom is 0.320 e. The number of carboxylic acids is 1. The molecule has 3 atom stereocenters. The minimum absolute atomic E-state index is 0.0666. The van der Waals surface area contributed by atoms with E-state index in [1.165, 1.54) is 37.8 Å². The van der Waals surface area contributed by atoms with E-state index in [1.807, 2.05) is 6.92 Å². The first kappa shape index (κ1) is 17.9. The van der Waals surface area contributed by atoms with Gasteiger partial charge in [0.2, 0.25) is 0 Å². The number of carboxylic acid groups (broad SMARTS) is 1. The molecule has 6 nitrogen and oxygen atoms in total. The van der Waals surface area contributed by atoms with Crippen molar-refractivity contribution in [3.05, 3.63) is 29.8 Å². The summed E-state index contributed by atoms with van der Waals surface area (Å²) >= 11 is 0. The Morgan fingerprint density at radius 2 is 1.78 bits per heavy atom. The van der Waals surface area contributed by atoms with Crippen LogP contribution in [0.1, 0.15) is 37.7 Å². The van der Waals surface area contributed by atoms with Gasteiger partial charge in [-0.1, -0.05) is 30.5 Å². The van der Waals surface area contributed by atoms with Crippen molar-refractivity contribution in [3.8, 4) is 0 Å². The summed E-state index contributed by atoms with van der Waals surface area (Å²) in [7, 11) is -4.02. The number of fused-ring (bicyclic) bond motifs is 1. The predicted molar refractivity (Wildman–Crippen MR) is 85.9 cm³/mol. The Morgan fingerprint density at radius 1 is 1.17 bits per heavy atom. The van der Waals surface area contributed by atoms with E-state index in [4.69, 9.17) is 9.66 Å². The Hall–Kier alpha value is -1.44. The minimum Gasteiger partial charge on any atom is -0.480 e. The van der Waals surface area contributed by atoms with Crippen molar-refractivity contribution in [1.82, 2.24) is 5.32 Å². The fourth-order valence-electron chi connectivity index (χ4n) is 3.22. The first-order chi connectivity index (χ1) is 10.8. The molecule has 1 aromatic carbocycles. The molecule has 2 fully saturated rings. The number of nitrogens with one attached hydrogen (secondary N) is 1. The number of hydrogen-bond acceptors (Lipinski definition) is 4. The Kier molecular flexibility index (Phi) is 5.78. The smallest absolute Gasteiger partial charge is 0.320 e. The van der Waals surface area contributed by atoms with Gasteiger partial charge in [0.25, 0.3) is 10.1 Å². The van der Waals surface area contributed by atoms with Gasteiger partial charge < -0.3 is 10.4 Å². The number of hydrogen-bond donors (Lipinski definition) is 3. The number of carbonyl (C=O) groups is 1. The van der Waals surface area contributed by atoms with E-state index in [0.717, 1.165) is 12.0 Å². The molecule has 23 heavy (non-hydrogen) atoms. The third-order valence-electron chi connectivity index (χ3n) is 4.48. The lowest BCUT2D eigenvalue weighted by Gasteiger charge is -2.24. The molecular formula is C16H23NO5S. The average molecular weight is 341 g/mol. The predicted octanol–water partition coefficient (Wildman–Crippen LogP) is 2.23. The Balaban J connectivity index is 0.000000168. The molecule has 3 N–H and O–H groups in total. The van der Waals surface area contributed by atoms with Crippen molar-refractivity contribution >= 4 is 16.1 Å². The van der Waals surface area contributed by atoms with Crippen LogP contribution in [0.25, 0.3) is 0 Å². The van der Waals surface area contributed by atoms with Gasteiger partial charge in [-0.05, 0) is 44.2 Å². The zero-order chi connectivity index (χ0) is 17.0. The van der Waals surface area contributed by atoms with Crippen LogP contribution in [-0.4, -0.2) is 36.1 Å². The van der Waals surface area contributed by atoms with Crippen molar-refractivity contribution in [1.29, 1.82) is 0 Å². The van der Waals surface area contributed by atoms with Crippen molar-refractivity contribution in [2.75, 3.05) is 0 Å². The summed E-state index contributed by atoms with van der Waals surface area (Å²) in [6.45, 7) is 1.84. The van der Waals surface area contributed by atoms with Crippen LogP contribution >= 0.6 is 0 Å². The molecule has 0 unspecified atom stereocenters. The highest BCUT2D eigenvalue weighted by Gasteiger charge is 2.37. The molecule has 0 amide bonds. The van der Waals surface area contributed by atoms with Gasteiger partial charge in [-0.2, -0.15) is 8.42 Å². The van der Waals surface area contributed by atoms with Crippen LogP contribution in [0.4, 0.5) is 0 Å². The van der Waals surface area contributed by atoms with Gasteiger partial charge in [0.05, 0.1) is 4.90 Å². The molecule has 1 aliphatic carbocycles. The molecule has 1 aliphatic heterocycles. The molecule has 1 heterocycles. The number of aliphatic carboxylic acids is 1. The second-order valence-corrected chi connectivity index (χ2v) is 7.65. The summed E-state index contributed by atoms with van der Waals surface area (Å²) < 4.78 is 29.6. The molecule has 0 radical (unpaired) electrons. The van der Waals surface area contributed by atoms with Crippen LogP contribution in [0.2, 0.25) is 0 Å². The average Bonchev–Trinajstić information content (AvgIpc) is 2.91. The zero-order valence-electron chi connectivity index (χ0n) is 13.1. The van der Waals surface area contributed by atoms with E-state index in [-0.39, 0.29) is 10.9 Å². The fraction of sp³-hybridized carbons (Fsp3) is 0.562. The largest absolute Gasteiger partial charge is 0.480 e. The van der Waals surface area contributed by atoms with Crippen LogP contribution < -0.4 is 5.32 Å². The highest BCUT2D eigenvalue weighted by atomic mass is 32.2. The lowest BCUT2D eigenvalue weighted by molar-refractivity contribution is -0.139. The second kappa shape index (κ2) is 7.42. The summed E-state index contributed by atoms with van der Waals surface area (Å²) in [5, 5.41) is 12.0. The molecule has 0 spiro atoms. The Labute approximate surface area is 136 Å². The molecule has 3 rings (SSSR count). The van der Waals surface area contributed by atoms with E-state index in [9.17, 15) is 13.2 Å². The van der Waals surface area contributed by atoms with Crippen LogP contribution in [0, 0.1) is 12.8 Å². The van der Waals surface area contributed by atoms with Gasteiger partial charge in [-0.25, -0.2) is 0 Å². The van der Waals surface area contributed by atoms with E-state index in [0.29, 0.717) is 12.0 Å². The van der Waals surface area contributed by atoms with Gasteiger partial charge in [0, 0.05) is 6.04 Å². The van der Waals surface area contributed by atoms with E-state index in [1.54, 1.807) is 12.1 Å². The summed E-state index contributed by atoms with van der Waals surface area (Å²) in [6, 6.07) is 6.22. The van der Waals surface area contributed by atoms with Crippen molar-refractivity contribution < 1.29 is 22.9 Å². The monoisotopic (exact) mass is 341 g/mol. The maximum absolute atomic E-state index is 10.7. The molecule has 1 aromatic rings. The summed E-state index contributed by atoms with van der Waals surface area (Å²) in [5.41, 5.74) is 0.956. The zero-order valence-corrected chi connectivity index (χ0v) is 13.9. The third kappa shape index (κ3) is 5.02. The molecule has 0 aromatic heterocycles. The lowest BCUT2D eigenvalue weighted by atomic mass is 9.85. The molecule has 7 heteroatoms. The van der Waals surface area contributed by atoms with E-state index < -0.39 is 16.1 Å². The number of rotatable bonds is 2. The van der Waals surface area contributed by atoms with Crippen molar-refractivity contribution in [2.45, 2.75) is 56.0 Å². The Bertz CT molecular complexity index is 627. The van der Waals surface area contributed by atoms with Crippen molar-refractivity contribution in [2.24, 2.45) is 5.92 Å². The topological polar surface area (TPSA) is 104 Å². The molecule has 1 saturated carbocycles. The number of benzene rings is 1. The van der Waals surface area contributed by atoms with Gasteiger partial charge in [0.1, 0.15) is 6.04 Å². The van der Waals surface area contributed by atoms with Gasteiger partial charge in [-0.15, -0.1) is 0 Å². The molecule has 2 aliphatic rings. The van der Waals surface area contributed by atoms with E-state index >= 15 is 0 Å². The summed E-state index contributed by atoms with van der Waals surface area (Å²) in [6.07, 6.45) is 5.80. The molecular weight excluding hydrogens is 318 g/mol.